The summed E-state index contributed by atoms with van der Waals surface area (Å²) in [6, 6.07) is -0.0389. The molecular formula is C11H16N2O3. The molecule has 1 aliphatic carbocycles. The Labute approximate surface area is 94.4 Å². The van der Waals surface area contributed by atoms with Crippen LogP contribution in [0.15, 0.2) is 0 Å². The molecule has 0 aromatic heterocycles. The molecule has 16 heavy (non-hydrogen) atoms. The summed E-state index contributed by atoms with van der Waals surface area (Å²) < 4.78 is 0. The molecule has 1 saturated heterocycles. The Morgan fingerprint density at radius 1 is 1.19 bits per heavy atom. The normalized spacial score (nSPS) is 26.8. The van der Waals surface area contributed by atoms with E-state index in [9.17, 15) is 14.4 Å². The lowest BCUT2D eigenvalue weighted by atomic mass is 10.1. The molecule has 88 valence electrons. The Morgan fingerprint density at radius 2 is 1.94 bits per heavy atom. The van der Waals surface area contributed by atoms with Gasteiger partial charge < -0.3 is 9.80 Å². The van der Waals surface area contributed by atoms with Gasteiger partial charge in [-0.05, 0) is 13.3 Å². The average Bonchev–Trinajstić information content (AvgIpc) is 2.69. The van der Waals surface area contributed by atoms with E-state index in [0.29, 0.717) is 38.9 Å². The van der Waals surface area contributed by atoms with Crippen molar-refractivity contribution in [1.29, 1.82) is 0 Å². The van der Waals surface area contributed by atoms with Gasteiger partial charge in [0, 0.05) is 38.5 Å². The van der Waals surface area contributed by atoms with Gasteiger partial charge in [-0.2, -0.15) is 0 Å². The zero-order valence-electron chi connectivity index (χ0n) is 9.44. The SMILES string of the molecule is CCN1CCN(C2CCC(=O)C2)C(=O)C1=O. The van der Waals surface area contributed by atoms with Gasteiger partial charge in [-0.15, -0.1) is 0 Å². The van der Waals surface area contributed by atoms with E-state index in [2.05, 4.69) is 0 Å². The zero-order valence-corrected chi connectivity index (χ0v) is 9.44. The fraction of sp³-hybridized carbons (Fsp3) is 0.727. The molecule has 2 amide bonds. The molecule has 0 aromatic rings. The first-order valence-corrected chi connectivity index (χ1v) is 5.75. The number of hydrogen-bond donors (Lipinski definition) is 0. The van der Waals surface area contributed by atoms with Gasteiger partial charge in [-0.25, -0.2) is 0 Å². The first-order chi connectivity index (χ1) is 7.63. The molecule has 2 rings (SSSR count). The standard InChI is InChI=1S/C11H16N2O3/c1-2-12-5-6-13(11(16)10(12)15)8-3-4-9(14)7-8/h8H,2-7H2,1H3. The molecule has 0 spiro atoms. The highest BCUT2D eigenvalue weighted by Gasteiger charge is 2.38. The molecule has 0 aromatic carbocycles. The highest BCUT2D eigenvalue weighted by atomic mass is 16.2. The van der Waals surface area contributed by atoms with Crippen molar-refractivity contribution in [1.82, 2.24) is 9.80 Å². The maximum Gasteiger partial charge on any atom is 0.312 e. The van der Waals surface area contributed by atoms with Crippen LogP contribution in [-0.4, -0.2) is 53.1 Å². The van der Waals surface area contributed by atoms with Crippen molar-refractivity contribution in [3.05, 3.63) is 0 Å². The first-order valence-electron chi connectivity index (χ1n) is 5.75. The quantitative estimate of drug-likeness (QED) is 0.610. The first kappa shape index (κ1) is 11.1. The van der Waals surface area contributed by atoms with Gasteiger partial charge in [-0.3, -0.25) is 14.4 Å². The maximum absolute atomic E-state index is 11.8. The van der Waals surface area contributed by atoms with Crippen LogP contribution >= 0.6 is 0 Å². The summed E-state index contributed by atoms with van der Waals surface area (Å²) in [7, 11) is 0. The summed E-state index contributed by atoms with van der Waals surface area (Å²) in [6.45, 7) is 3.59. The van der Waals surface area contributed by atoms with Crippen molar-refractivity contribution in [3.63, 3.8) is 0 Å². The highest BCUT2D eigenvalue weighted by molar-refractivity contribution is 6.35. The lowest BCUT2D eigenvalue weighted by Gasteiger charge is -2.36. The van der Waals surface area contributed by atoms with Crippen molar-refractivity contribution in [3.8, 4) is 0 Å². The number of hydrogen-bond acceptors (Lipinski definition) is 3. The number of amides is 2. The highest BCUT2D eigenvalue weighted by Crippen LogP contribution is 2.22. The third-order valence-corrected chi connectivity index (χ3v) is 3.38. The molecule has 5 heteroatoms. The van der Waals surface area contributed by atoms with Gasteiger partial charge in [0.2, 0.25) is 0 Å². The van der Waals surface area contributed by atoms with Crippen molar-refractivity contribution in [2.75, 3.05) is 19.6 Å². The van der Waals surface area contributed by atoms with Gasteiger partial charge in [0.25, 0.3) is 0 Å². The van der Waals surface area contributed by atoms with Crippen molar-refractivity contribution >= 4 is 17.6 Å². The second kappa shape index (κ2) is 4.23. The van der Waals surface area contributed by atoms with E-state index in [1.165, 1.54) is 0 Å². The van der Waals surface area contributed by atoms with E-state index in [1.54, 1.807) is 9.80 Å². The number of carbonyl (C=O) groups excluding carboxylic acids is 3. The Morgan fingerprint density at radius 3 is 2.50 bits per heavy atom. The molecule has 1 atom stereocenters. The summed E-state index contributed by atoms with van der Waals surface area (Å²) >= 11 is 0. The van der Waals surface area contributed by atoms with E-state index < -0.39 is 11.8 Å². The number of nitrogens with zero attached hydrogens (tertiary/aromatic N) is 2. The van der Waals surface area contributed by atoms with Crippen molar-refractivity contribution in [2.24, 2.45) is 0 Å². The van der Waals surface area contributed by atoms with Gasteiger partial charge in [-0.1, -0.05) is 0 Å². The number of piperazine rings is 1. The van der Waals surface area contributed by atoms with Crippen LogP contribution in [0.3, 0.4) is 0 Å². The van der Waals surface area contributed by atoms with Gasteiger partial charge >= 0.3 is 11.8 Å². The lowest BCUT2D eigenvalue weighted by molar-refractivity contribution is -0.157. The van der Waals surface area contributed by atoms with Gasteiger partial charge in [0.05, 0.1) is 0 Å². The number of Topliss-reactive ketones (excluding diaryl/α,β-unsaturated/α-hetero) is 1. The van der Waals surface area contributed by atoms with Crippen LogP contribution in [0.2, 0.25) is 0 Å². The van der Waals surface area contributed by atoms with E-state index in [0.717, 1.165) is 0 Å². The summed E-state index contributed by atoms with van der Waals surface area (Å²) in [5, 5.41) is 0. The van der Waals surface area contributed by atoms with Crippen LogP contribution in [0.5, 0.6) is 0 Å². The van der Waals surface area contributed by atoms with E-state index in [4.69, 9.17) is 0 Å². The molecule has 2 fully saturated rings. The minimum atomic E-state index is -0.437. The van der Waals surface area contributed by atoms with Crippen molar-refractivity contribution < 1.29 is 14.4 Å². The third-order valence-electron chi connectivity index (χ3n) is 3.38. The molecule has 0 radical (unpaired) electrons. The molecule has 1 saturated carbocycles. The number of likely N-dealkylation sites (N-methyl/N-ethyl adjacent to an activating group) is 1. The molecule has 2 aliphatic rings. The Bertz CT molecular complexity index is 340. The molecule has 1 unspecified atom stereocenters. The molecule has 5 nitrogen and oxygen atoms in total. The Balaban J connectivity index is 2.05. The topological polar surface area (TPSA) is 57.7 Å². The minimum Gasteiger partial charge on any atom is -0.333 e. The summed E-state index contributed by atoms with van der Waals surface area (Å²) in [6.07, 6.45) is 1.68. The zero-order chi connectivity index (χ0) is 11.7. The summed E-state index contributed by atoms with van der Waals surface area (Å²) in [4.78, 5) is 37.8. The van der Waals surface area contributed by atoms with Gasteiger partial charge in [0.1, 0.15) is 5.78 Å². The van der Waals surface area contributed by atoms with E-state index in [-0.39, 0.29) is 11.8 Å². The Kier molecular flexibility index (Phi) is 2.94. The van der Waals surface area contributed by atoms with Crippen LogP contribution < -0.4 is 0 Å². The maximum atomic E-state index is 11.8. The second-order valence-corrected chi connectivity index (χ2v) is 4.32. The van der Waals surface area contributed by atoms with E-state index >= 15 is 0 Å². The van der Waals surface area contributed by atoms with Crippen LogP contribution in [0.4, 0.5) is 0 Å². The number of ketones is 1. The second-order valence-electron chi connectivity index (χ2n) is 4.32. The average molecular weight is 224 g/mol. The van der Waals surface area contributed by atoms with Crippen LogP contribution in [0, 0.1) is 0 Å². The predicted molar refractivity (Wildman–Crippen MR) is 56.6 cm³/mol. The molecule has 0 bridgehead atoms. The molecule has 1 heterocycles. The summed E-state index contributed by atoms with van der Waals surface area (Å²) in [5.74, 6) is -0.663. The lowest BCUT2D eigenvalue weighted by Crippen LogP contribution is -2.56. The monoisotopic (exact) mass is 224 g/mol. The minimum absolute atomic E-state index is 0.0389. The van der Waals surface area contributed by atoms with Crippen LogP contribution in [0.25, 0.3) is 0 Å². The predicted octanol–water partition coefficient (Wildman–Crippen LogP) is -0.201. The molecule has 1 aliphatic heterocycles. The van der Waals surface area contributed by atoms with E-state index in [1.807, 2.05) is 6.92 Å². The number of carbonyl (C=O) groups is 3. The largest absolute Gasteiger partial charge is 0.333 e. The van der Waals surface area contributed by atoms with Crippen LogP contribution in [0.1, 0.15) is 26.2 Å². The molecular weight excluding hydrogens is 208 g/mol. The number of rotatable bonds is 2. The fourth-order valence-corrected chi connectivity index (χ4v) is 2.40. The molecule has 0 N–H and O–H groups in total. The fourth-order valence-electron chi connectivity index (χ4n) is 2.40. The van der Waals surface area contributed by atoms with Crippen LogP contribution in [-0.2, 0) is 14.4 Å². The Hall–Kier alpha value is -1.39. The summed E-state index contributed by atoms with van der Waals surface area (Å²) in [5.41, 5.74) is 0. The van der Waals surface area contributed by atoms with Crippen molar-refractivity contribution in [2.45, 2.75) is 32.2 Å². The smallest absolute Gasteiger partial charge is 0.312 e. The third kappa shape index (κ3) is 1.81. The van der Waals surface area contributed by atoms with Gasteiger partial charge in [0.15, 0.2) is 0 Å².